The Bertz CT molecular complexity index is 1070. The van der Waals surface area contributed by atoms with E-state index < -0.39 is 0 Å². The van der Waals surface area contributed by atoms with E-state index in [0.29, 0.717) is 41.3 Å². The molecule has 0 radical (unpaired) electrons. The summed E-state index contributed by atoms with van der Waals surface area (Å²) < 4.78 is 1.75. The molecule has 0 unspecified atom stereocenters. The van der Waals surface area contributed by atoms with Crippen LogP contribution in [0.2, 0.25) is 0 Å². The zero-order valence-corrected chi connectivity index (χ0v) is 16.8. The summed E-state index contributed by atoms with van der Waals surface area (Å²) in [5.41, 5.74) is 7.67. The number of benzene rings is 1. The van der Waals surface area contributed by atoms with Gasteiger partial charge in [0.25, 0.3) is 11.5 Å². The van der Waals surface area contributed by atoms with Gasteiger partial charge in [-0.15, -0.1) is 11.3 Å². The molecule has 6 nitrogen and oxygen atoms in total. The lowest BCUT2D eigenvalue weighted by atomic mass is 10.1. The zero-order valence-electron chi connectivity index (χ0n) is 16.0. The Morgan fingerprint density at radius 3 is 2.82 bits per heavy atom. The maximum Gasteiger partial charge on any atom is 0.264 e. The quantitative estimate of drug-likeness (QED) is 0.694. The van der Waals surface area contributed by atoms with E-state index >= 15 is 0 Å². The summed E-state index contributed by atoms with van der Waals surface area (Å²) >= 11 is 1.33. The van der Waals surface area contributed by atoms with Crippen LogP contribution >= 0.6 is 11.3 Å². The smallest absolute Gasteiger partial charge is 0.264 e. The summed E-state index contributed by atoms with van der Waals surface area (Å²) in [7, 11) is 0. The number of aromatic nitrogens is 2. The number of amides is 1. The predicted octanol–water partition coefficient (Wildman–Crippen LogP) is 2.36. The second-order valence-electron chi connectivity index (χ2n) is 7.14. The summed E-state index contributed by atoms with van der Waals surface area (Å²) in [6.07, 6.45) is 2.54. The largest absolute Gasteiger partial charge is 0.336 e. The molecule has 0 saturated heterocycles. The fourth-order valence-electron chi connectivity index (χ4n) is 3.80. The van der Waals surface area contributed by atoms with Gasteiger partial charge >= 0.3 is 0 Å². The van der Waals surface area contributed by atoms with E-state index in [0.717, 1.165) is 30.7 Å². The number of carbonyl (C=O) groups excluding carboxylic acids is 1. The van der Waals surface area contributed by atoms with Crippen molar-refractivity contribution >= 4 is 27.5 Å². The average Bonchev–Trinajstić information content (AvgIpc) is 3.30. The molecule has 3 aromatic rings. The monoisotopic (exact) mass is 396 g/mol. The molecule has 0 fully saturated rings. The highest BCUT2D eigenvalue weighted by atomic mass is 32.1. The van der Waals surface area contributed by atoms with Crippen LogP contribution in [-0.2, 0) is 19.4 Å². The number of rotatable bonds is 6. The third-order valence-corrected chi connectivity index (χ3v) is 6.48. The van der Waals surface area contributed by atoms with Crippen LogP contribution in [0.25, 0.3) is 10.2 Å². The van der Waals surface area contributed by atoms with Gasteiger partial charge in [-0.05, 0) is 30.9 Å². The van der Waals surface area contributed by atoms with Crippen molar-refractivity contribution < 1.29 is 4.79 Å². The lowest BCUT2D eigenvalue weighted by Gasteiger charge is -2.22. The first-order valence-electron chi connectivity index (χ1n) is 9.66. The maximum atomic E-state index is 13.3. The molecule has 4 rings (SSSR count). The van der Waals surface area contributed by atoms with Crippen LogP contribution < -0.4 is 11.3 Å². The summed E-state index contributed by atoms with van der Waals surface area (Å²) in [4.78, 5) is 33.9. The standard InChI is InChI=1S/C21H24N4O2S/c1-14-17-19(23-16-8-5-11-25(16)20(17)26)28-18(14)21(27)24(13-10-22)12-9-15-6-3-2-4-7-15/h2-4,6-7H,5,8-13,22H2,1H3. The topological polar surface area (TPSA) is 81.2 Å². The van der Waals surface area contributed by atoms with Gasteiger partial charge in [0.1, 0.15) is 10.7 Å². The number of aryl methyl sites for hydroxylation is 2. The molecule has 0 saturated carbocycles. The van der Waals surface area contributed by atoms with Gasteiger partial charge in [-0.1, -0.05) is 30.3 Å². The highest BCUT2D eigenvalue weighted by Crippen LogP contribution is 2.29. The highest BCUT2D eigenvalue weighted by Gasteiger charge is 2.25. The van der Waals surface area contributed by atoms with Crippen LogP contribution in [0.4, 0.5) is 0 Å². The molecular formula is C21H24N4O2S. The van der Waals surface area contributed by atoms with E-state index in [1.807, 2.05) is 25.1 Å². The molecule has 2 aromatic heterocycles. The minimum Gasteiger partial charge on any atom is -0.336 e. The van der Waals surface area contributed by atoms with Gasteiger partial charge < -0.3 is 10.6 Å². The van der Waals surface area contributed by atoms with Crippen LogP contribution in [0.15, 0.2) is 35.1 Å². The fourth-order valence-corrected chi connectivity index (χ4v) is 4.96. The molecule has 0 bridgehead atoms. The van der Waals surface area contributed by atoms with Crippen molar-refractivity contribution in [2.24, 2.45) is 5.73 Å². The van der Waals surface area contributed by atoms with E-state index in [9.17, 15) is 9.59 Å². The third kappa shape index (κ3) is 3.36. The van der Waals surface area contributed by atoms with Crippen molar-refractivity contribution in [2.75, 3.05) is 19.6 Å². The van der Waals surface area contributed by atoms with E-state index in [4.69, 9.17) is 5.73 Å². The number of fused-ring (bicyclic) bond motifs is 2. The molecule has 2 N–H and O–H groups in total. The van der Waals surface area contributed by atoms with Crippen molar-refractivity contribution in [2.45, 2.75) is 32.7 Å². The molecule has 28 heavy (non-hydrogen) atoms. The summed E-state index contributed by atoms with van der Waals surface area (Å²) in [6.45, 7) is 4.06. The van der Waals surface area contributed by atoms with Gasteiger partial charge in [-0.3, -0.25) is 14.2 Å². The molecule has 0 spiro atoms. The van der Waals surface area contributed by atoms with Gasteiger partial charge in [-0.2, -0.15) is 0 Å². The first-order valence-corrected chi connectivity index (χ1v) is 10.5. The molecule has 7 heteroatoms. The molecule has 0 aliphatic carbocycles. The molecule has 1 aliphatic rings. The second kappa shape index (κ2) is 7.85. The van der Waals surface area contributed by atoms with Crippen molar-refractivity contribution in [3.63, 3.8) is 0 Å². The minimum absolute atomic E-state index is 0.0139. The highest BCUT2D eigenvalue weighted by molar-refractivity contribution is 7.20. The normalized spacial score (nSPS) is 13.1. The lowest BCUT2D eigenvalue weighted by molar-refractivity contribution is 0.0766. The molecule has 1 amide bonds. The number of hydrogen-bond acceptors (Lipinski definition) is 5. The molecule has 3 heterocycles. The van der Waals surface area contributed by atoms with Gasteiger partial charge in [0, 0.05) is 32.6 Å². The van der Waals surface area contributed by atoms with Crippen LogP contribution in [0.1, 0.15) is 33.0 Å². The van der Waals surface area contributed by atoms with Crippen LogP contribution in [-0.4, -0.2) is 40.0 Å². The SMILES string of the molecule is Cc1c(C(=O)N(CCN)CCc2ccccc2)sc2nc3n(c(=O)c12)CCC3. The van der Waals surface area contributed by atoms with E-state index in [1.54, 1.807) is 9.47 Å². The first-order chi connectivity index (χ1) is 13.6. The Hall–Kier alpha value is -2.51. The molecular weight excluding hydrogens is 372 g/mol. The Balaban J connectivity index is 1.65. The van der Waals surface area contributed by atoms with Crippen molar-refractivity contribution in [1.82, 2.24) is 14.5 Å². The number of nitrogens with zero attached hydrogens (tertiary/aromatic N) is 3. The zero-order chi connectivity index (χ0) is 19.7. The first kappa shape index (κ1) is 18.8. The number of carbonyl (C=O) groups is 1. The number of nitrogens with two attached hydrogens (primary N) is 1. The Morgan fingerprint density at radius 2 is 2.07 bits per heavy atom. The summed E-state index contributed by atoms with van der Waals surface area (Å²) in [6, 6.07) is 10.1. The van der Waals surface area contributed by atoms with E-state index in [2.05, 4.69) is 17.1 Å². The lowest BCUT2D eigenvalue weighted by Crippen LogP contribution is -2.36. The Morgan fingerprint density at radius 1 is 1.29 bits per heavy atom. The number of thiophene rings is 1. The summed E-state index contributed by atoms with van der Waals surface area (Å²) in [5.74, 6) is 0.770. The van der Waals surface area contributed by atoms with E-state index in [1.165, 1.54) is 16.9 Å². The van der Waals surface area contributed by atoms with Gasteiger partial charge in [0.05, 0.1) is 10.3 Å². The molecule has 1 aromatic carbocycles. The number of hydrogen-bond donors (Lipinski definition) is 1. The van der Waals surface area contributed by atoms with Gasteiger partial charge in [-0.25, -0.2) is 4.98 Å². The maximum absolute atomic E-state index is 13.3. The van der Waals surface area contributed by atoms with Crippen LogP contribution in [0, 0.1) is 6.92 Å². The predicted molar refractivity (Wildman–Crippen MR) is 112 cm³/mol. The van der Waals surface area contributed by atoms with E-state index in [-0.39, 0.29) is 11.5 Å². The minimum atomic E-state index is -0.0635. The summed E-state index contributed by atoms with van der Waals surface area (Å²) in [5, 5.41) is 0.592. The Kier molecular flexibility index (Phi) is 5.28. The molecule has 1 aliphatic heterocycles. The van der Waals surface area contributed by atoms with Crippen molar-refractivity contribution in [3.8, 4) is 0 Å². The molecule has 0 atom stereocenters. The molecule has 146 valence electrons. The van der Waals surface area contributed by atoms with Crippen molar-refractivity contribution in [1.29, 1.82) is 0 Å². The van der Waals surface area contributed by atoms with Crippen molar-refractivity contribution in [3.05, 3.63) is 62.5 Å². The van der Waals surface area contributed by atoms with Gasteiger partial charge in [0.15, 0.2) is 0 Å². The Labute approximate surface area is 167 Å². The van der Waals surface area contributed by atoms with Crippen LogP contribution in [0.5, 0.6) is 0 Å². The average molecular weight is 397 g/mol. The van der Waals surface area contributed by atoms with Crippen LogP contribution in [0.3, 0.4) is 0 Å². The fraction of sp³-hybridized carbons (Fsp3) is 0.381. The second-order valence-corrected chi connectivity index (χ2v) is 8.14. The van der Waals surface area contributed by atoms with Gasteiger partial charge in [0.2, 0.25) is 0 Å². The third-order valence-electron chi connectivity index (χ3n) is 5.31.